The molecule has 1 N–H and O–H groups in total. The summed E-state index contributed by atoms with van der Waals surface area (Å²) in [6.45, 7) is 5.08. The van der Waals surface area contributed by atoms with Crippen molar-refractivity contribution in [3.8, 4) is 0 Å². The Morgan fingerprint density at radius 2 is 1.82 bits per heavy atom. The molecule has 0 spiro atoms. The van der Waals surface area contributed by atoms with Crippen LogP contribution in [0.1, 0.15) is 18.1 Å². The second kappa shape index (κ2) is 7.47. The molecule has 1 aromatic carbocycles. The van der Waals surface area contributed by atoms with Gasteiger partial charge in [-0.3, -0.25) is 4.90 Å². The minimum absolute atomic E-state index is 0.333. The van der Waals surface area contributed by atoms with Gasteiger partial charge in [-0.05, 0) is 53.1 Å². The van der Waals surface area contributed by atoms with Gasteiger partial charge in [0.25, 0.3) is 0 Å². The maximum absolute atomic E-state index is 10.2. The Morgan fingerprint density at radius 1 is 1.09 bits per heavy atom. The average molecular weight is 337 g/mol. The summed E-state index contributed by atoms with van der Waals surface area (Å²) >= 11 is 7.58. The second-order valence-corrected chi connectivity index (χ2v) is 6.88. The molecule has 5 heteroatoms. The number of nitrogens with zero attached hydrogens (tertiary/aromatic N) is 2. The monoisotopic (exact) mass is 336 g/mol. The molecule has 0 bridgehead atoms. The molecule has 2 heterocycles. The molecule has 0 amide bonds. The molecule has 22 heavy (non-hydrogen) atoms. The summed E-state index contributed by atoms with van der Waals surface area (Å²) in [5, 5.41) is 15.0. The van der Waals surface area contributed by atoms with Gasteiger partial charge in [-0.1, -0.05) is 11.6 Å². The smallest absolute Gasteiger partial charge is 0.0810 e. The number of benzene rings is 1. The van der Waals surface area contributed by atoms with Gasteiger partial charge in [-0.25, -0.2) is 0 Å². The van der Waals surface area contributed by atoms with Crippen molar-refractivity contribution in [1.82, 2.24) is 4.90 Å². The summed E-state index contributed by atoms with van der Waals surface area (Å²) in [7, 11) is 0. The third-order valence-corrected chi connectivity index (χ3v) is 5.16. The van der Waals surface area contributed by atoms with Crippen LogP contribution in [0.2, 0.25) is 5.02 Å². The highest BCUT2D eigenvalue weighted by atomic mass is 35.5. The van der Waals surface area contributed by atoms with Crippen molar-refractivity contribution in [1.29, 1.82) is 0 Å². The minimum atomic E-state index is -0.333. The molecule has 1 saturated heterocycles. The standard InChI is InChI=1S/C17H21ClN2OS/c18-15-1-3-16(4-2-15)20-10-8-19(9-11-20)7-5-17(21)14-6-12-22-13-14/h1-4,6,12-13,17,21H,5,7-11H2. The van der Waals surface area contributed by atoms with Crippen molar-refractivity contribution in [3.05, 3.63) is 51.7 Å². The van der Waals surface area contributed by atoms with Crippen LogP contribution in [0.3, 0.4) is 0 Å². The van der Waals surface area contributed by atoms with E-state index < -0.39 is 0 Å². The zero-order valence-electron chi connectivity index (χ0n) is 12.5. The van der Waals surface area contributed by atoms with Crippen LogP contribution in [0.15, 0.2) is 41.1 Å². The lowest BCUT2D eigenvalue weighted by atomic mass is 10.1. The average Bonchev–Trinajstić information content (AvgIpc) is 3.08. The number of hydrogen-bond donors (Lipinski definition) is 1. The van der Waals surface area contributed by atoms with Gasteiger partial charge in [-0.2, -0.15) is 11.3 Å². The number of halogens is 1. The molecule has 1 aliphatic heterocycles. The fourth-order valence-electron chi connectivity index (χ4n) is 2.82. The summed E-state index contributed by atoms with van der Waals surface area (Å²) < 4.78 is 0. The van der Waals surface area contributed by atoms with E-state index in [1.807, 2.05) is 29.0 Å². The van der Waals surface area contributed by atoms with Crippen LogP contribution < -0.4 is 4.90 Å². The van der Waals surface area contributed by atoms with E-state index >= 15 is 0 Å². The molecule has 0 saturated carbocycles. The summed E-state index contributed by atoms with van der Waals surface area (Å²) in [6.07, 6.45) is 0.470. The van der Waals surface area contributed by atoms with Gasteiger partial charge in [0.05, 0.1) is 6.10 Å². The van der Waals surface area contributed by atoms with Crippen LogP contribution in [0.5, 0.6) is 0 Å². The van der Waals surface area contributed by atoms with Gasteiger partial charge in [0.2, 0.25) is 0 Å². The normalized spacial score (nSPS) is 17.6. The quantitative estimate of drug-likeness (QED) is 0.903. The number of thiophene rings is 1. The molecule has 0 radical (unpaired) electrons. The van der Waals surface area contributed by atoms with Crippen LogP contribution in [0, 0.1) is 0 Å². The molecule has 1 aromatic heterocycles. The highest BCUT2D eigenvalue weighted by Crippen LogP contribution is 2.22. The molecule has 1 unspecified atom stereocenters. The van der Waals surface area contributed by atoms with Crippen molar-refractivity contribution in [2.24, 2.45) is 0 Å². The van der Waals surface area contributed by atoms with E-state index in [1.165, 1.54) is 5.69 Å². The zero-order chi connectivity index (χ0) is 15.4. The van der Waals surface area contributed by atoms with Crippen molar-refractivity contribution < 1.29 is 5.11 Å². The topological polar surface area (TPSA) is 26.7 Å². The first kappa shape index (κ1) is 15.8. The number of hydrogen-bond acceptors (Lipinski definition) is 4. The Hall–Kier alpha value is -1.07. The fourth-order valence-corrected chi connectivity index (χ4v) is 3.65. The lowest BCUT2D eigenvalue weighted by Crippen LogP contribution is -2.46. The maximum Gasteiger partial charge on any atom is 0.0810 e. The first-order chi connectivity index (χ1) is 10.7. The van der Waals surface area contributed by atoms with Crippen molar-refractivity contribution in [2.45, 2.75) is 12.5 Å². The second-order valence-electron chi connectivity index (χ2n) is 5.67. The van der Waals surface area contributed by atoms with Crippen LogP contribution in [0.25, 0.3) is 0 Å². The van der Waals surface area contributed by atoms with E-state index in [0.29, 0.717) is 0 Å². The Labute approximate surface area is 140 Å². The third-order valence-electron chi connectivity index (χ3n) is 4.21. The maximum atomic E-state index is 10.2. The number of aliphatic hydroxyl groups is 1. The molecule has 3 rings (SSSR count). The van der Waals surface area contributed by atoms with Gasteiger partial charge in [0.15, 0.2) is 0 Å². The summed E-state index contributed by atoms with van der Waals surface area (Å²) in [5.41, 5.74) is 2.28. The summed E-state index contributed by atoms with van der Waals surface area (Å²) in [5.74, 6) is 0. The van der Waals surface area contributed by atoms with Gasteiger partial charge in [-0.15, -0.1) is 0 Å². The van der Waals surface area contributed by atoms with Gasteiger partial charge >= 0.3 is 0 Å². The Balaban J connectivity index is 1.44. The molecule has 3 nitrogen and oxygen atoms in total. The third kappa shape index (κ3) is 4.02. The SMILES string of the molecule is OC(CCN1CCN(c2ccc(Cl)cc2)CC1)c1ccsc1. The van der Waals surface area contributed by atoms with Gasteiger partial charge in [0.1, 0.15) is 0 Å². The first-order valence-electron chi connectivity index (χ1n) is 7.65. The highest BCUT2D eigenvalue weighted by Gasteiger charge is 2.18. The molecule has 1 atom stereocenters. The summed E-state index contributed by atoms with van der Waals surface area (Å²) in [6, 6.07) is 10.1. The van der Waals surface area contributed by atoms with E-state index in [0.717, 1.165) is 49.7 Å². The van der Waals surface area contributed by atoms with Crippen molar-refractivity contribution in [2.75, 3.05) is 37.6 Å². The number of rotatable bonds is 5. The minimum Gasteiger partial charge on any atom is -0.388 e. The van der Waals surface area contributed by atoms with E-state index in [2.05, 4.69) is 21.9 Å². The van der Waals surface area contributed by atoms with Crippen LogP contribution in [-0.4, -0.2) is 42.7 Å². The molecule has 0 aliphatic carbocycles. The molecular formula is C17H21ClN2OS. The van der Waals surface area contributed by atoms with E-state index in [4.69, 9.17) is 11.6 Å². The Morgan fingerprint density at radius 3 is 2.45 bits per heavy atom. The van der Waals surface area contributed by atoms with Crippen LogP contribution in [0.4, 0.5) is 5.69 Å². The van der Waals surface area contributed by atoms with Crippen LogP contribution in [-0.2, 0) is 0 Å². The number of piperazine rings is 1. The number of aliphatic hydroxyl groups excluding tert-OH is 1. The zero-order valence-corrected chi connectivity index (χ0v) is 14.1. The largest absolute Gasteiger partial charge is 0.388 e. The van der Waals surface area contributed by atoms with Gasteiger partial charge in [0, 0.05) is 43.4 Å². The van der Waals surface area contributed by atoms with Crippen molar-refractivity contribution in [3.63, 3.8) is 0 Å². The molecule has 1 aliphatic rings. The molecule has 118 valence electrons. The Kier molecular flexibility index (Phi) is 5.37. The van der Waals surface area contributed by atoms with Gasteiger partial charge < -0.3 is 10.0 Å². The molecule has 2 aromatic rings. The fraction of sp³-hybridized carbons (Fsp3) is 0.412. The highest BCUT2D eigenvalue weighted by molar-refractivity contribution is 7.07. The summed E-state index contributed by atoms with van der Waals surface area (Å²) in [4.78, 5) is 4.82. The van der Waals surface area contributed by atoms with Crippen LogP contribution >= 0.6 is 22.9 Å². The lowest BCUT2D eigenvalue weighted by molar-refractivity contribution is 0.140. The van der Waals surface area contributed by atoms with Crippen molar-refractivity contribution >= 4 is 28.6 Å². The molecular weight excluding hydrogens is 316 g/mol. The lowest BCUT2D eigenvalue weighted by Gasteiger charge is -2.36. The van der Waals surface area contributed by atoms with E-state index in [9.17, 15) is 5.11 Å². The van der Waals surface area contributed by atoms with E-state index in [-0.39, 0.29) is 6.10 Å². The predicted octanol–water partition coefficient (Wildman–Crippen LogP) is 3.65. The van der Waals surface area contributed by atoms with E-state index in [1.54, 1.807) is 11.3 Å². The number of anilines is 1. The predicted molar refractivity (Wildman–Crippen MR) is 94.0 cm³/mol. The first-order valence-corrected chi connectivity index (χ1v) is 8.97. The Bertz CT molecular complexity index is 565. The molecule has 1 fully saturated rings.